The minimum atomic E-state index is 0.649. The van der Waals surface area contributed by atoms with Gasteiger partial charge in [-0.15, -0.1) is 0 Å². The SMILES string of the molecule is N#Cc1cccc(NC(=S)N2CCCCC2)c1. The van der Waals surface area contributed by atoms with Crippen molar-refractivity contribution in [1.29, 1.82) is 5.26 Å². The highest BCUT2D eigenvalue weighted by molar-refractivity contribution is 7.80. The molecule has 0 aliphatic carbocycles. The van der Waals surface area contributed by atoms with Crippen molar-refractivity contribution in [3.63, 3.8) is 0 Å². The van der Waals surface area contributed by atoms with Crippen LogP contribution in [-0.2, 0) is 0 Å². The number of rotatable bonds is 1. The van der Waals surface area contributed by atoms with Gasteiger partial charge < -0.3 is 10.2 Å². The molecule has 1 aromatic rings. The Hall–Kier alpha value is -1.60. The van der Waals surface area contributed by atoms with Gasteiger partial charge in [-0.2, -0.15) is 5.26 Å². The largest absolute Gasteiger partial charge is 0.349 e. The Kier molecular flexibility index (Phi) is 3.94. The third-order valence-electron chi connectivity index (χ3n) is 2.89. The Morgan fingerprint density at radius 2 is 2.06 bits per heavy atom. The maximum Gasteiger partial charge on any atom is 0.173 e. The van der Waals surface area contributed by atoms with Crippen molar-refractivity contribution in [2.75, 3.05) is 18.4 Å². The van der Waals surface area contributed by atoms with Crippen LogP contribution in [0, 0.1) is 11.3 Å². The lowest BCUT2D eigenvalue weighted by molar-refractivity contribution is 0.346. The van der Waals surface area contributed by atoms with Gasteiger partial charge in [-0.3, -0.25) is 0 Å². The number of likely N-dealkylation sites (tertiary alicyclic amines) is 1. The summed E-state index contributed by atoms with van der Waals surface area (Å²) in [5, 5.41) is 12.8. The molecule has 0 spiro atoms. The highest BCUT2D eigenvalue weighted by Gasteiger charge is 2.13. The van der Waals surface area contributed by atoms with Gasteiger partial charge in [0, 0.05) is 18.8 Å². The summed E-state index contributed by atoms with van der Waals surface area (Å²) in [6.45, 7) is 2.06. The molecule has 1 aromatic carbocycles. The van der Waals surface area contributed by atoms with E-state index in [1.54, 1.807) is 6.07 Å². The predicted octanol–water partition coefficient (Wildman–Crippen LogP) is 2.74. The fraction of sp³-hybridized carbons (Fsp3) is 0.385. The molecular weight excluding hydrogens is 230 g/mol. The lowest BCUT2D eigenvalue weighted by atomic mass is 10.1. The molecule has 1 fully saturated rings. The molecule has 0 aromatic heterocycles. The van der Waals surface area contributed by atoms with Crippen molar-refractivity contribution < 1.29 is 0 Å². The summed E-state index contributed by atoms with van der Waals surface area (Å²) in [6.07, 6.45) is 3.71. The molecule has 0 amide bonds. The molecule has 0 unspecified atom stereocenters. The zero-order chi connectivity index (χ0) is 12.1. The number of benzene rings is 1. The molecular formula is C13H15N3S. The summed E-state index contributed by atoms with van der Waals surface area (Å²) in [6, 6.07) is 9.51. The van der Waals surface area contributed by atoms with Crippen LogP contribution in [0.4, 0.5) is 5.69 Å². The molecule has 4 heteroatoms. The number of hydrogen-bond acceptors (Lipinski definition) is 2. The molecule has 0 saturated carbocycles. The van der Waals surface area contributed by atoms with Gasteiger partial charge in [-0.25, -0.2) is 0 Å². The molecule has 1 N–H and O–H groups in total. The number of hydrogen-bond donors (Lipinski definition) is 1. The highest BCUT2D eigenvalue weighted by atomic mass is 32.1. The molecule has 0 atom stereocenters. The Bertz CT molecular complexity index is 444. The maximum absolute atomic E-state index is 8.82. The van der Waals surface area contributed by atoms with Crippen LogP contribution < -0.4 is 5.32 Å². The van der Waals surface area contributed by atoms with Crippen molar-refractivity contribution in [3.8, 4) is 6.07 Å². The van der Waals surface area contributed by atoms with Crippen molar-refractivity contribution in [1.82, 2.24) is 4.90 Å². The van der Waals surface area contributed by atoms with E-state index in [-0.39, 0.29) is 0 Å². The number of nitrogens with one attached hydrogen (secondary N) is 1. The minimum Gasteiger partial charge on any atom is -0.349 e. The fourth-order valence-corrected chi connectivity index (χ4v) is 2.27. The first kappa shape index (κ1) is 11.9. The first-order valence-corrected chi connectivity index (χ1v) is 6.26. The summed E-state index contributed by atoms with van der Waals surface area (Å²) in [5.74, 6) is 0. The fourth-order valence-electron chi connectivity index (χ4n) is 1.97. The number of thiocarbonyl (C=S) groups is 1. The van der Waals surface area contributed by atoms with Gasteiger partial charge in [0.15, 0.2) is 5.11 Å². The molecule has 2 rings (SSSR count). The molecule has 3 nitrogen and oxygen atoms in total. The minimum absolute atomic E-state index is 0.649. The predicted molar refractivity (Wildman–Crippen MR) is 72.8 cm³/mol. The lowest BCUT2D eigenvalue weighted by Gasteiger charge is -2.29. The van der Waals surface area contributed by atoms with E-state index in [0.29, 0.717) is 5.56 Å². The Morgan fingerprint density at radius 3 is 2.76 bits per heavy atom. The van der Waals surface area contributed by atoms with Crippen LogP contribution in [0.2, 0.25) is 0 Å². The second-order valence-corrected chi connectivity index (χ2v) is 4.56. The summed E-state index contributed by atoms with van der Waals surface area (Å²) in [7, 11) is 0. The van der Waals surface area contributed by atoms with Gasteiger partial charge in [0.1, 0.15) is 0 Å². The van der Waals surface area contributed by atoms with E-state index in [0.717, 1.165) is 23.9 Å². The number of nitriles is 1. The zero-order valence-corrected chi connectivity index (χ0v) is 10.5. The number of anilines is 1. The van der Waals surface area contributed by atoms with Gasteiger partial charge in [-0.05, 0) is 49.7 Å². The summed E-state index contributed by atoms with van der Waals surface area (Å²) in [5.41, 5.74) is 1.54. The first-order valence-electron chi connectivity index (χ1n) is 5.86. The quantitative estimate of drug-likeness (QED) is 0.772. The van der Waals surface area contributed by atoms with E-state index < -0.39 is 0 Å². The molecule has 1 aliphatic heterocycles. The third kappa shape index (κ3) is 3.18. The monoisotopic (exact) mass is 245 g/mol. The Morgan fingerprint density at radius 1 is 1.29 bits per heavy atom. The van der Waals surface area contributed by atoms with Gasteiger partial charge in [0.25, 0.3) is 0 Å². The van der Waals surface area contributed by atoms with Gasteiger partial charge in [0.2, 0.25) is 0 Å². The van der Waals surface area contributed by atoms with Crippen LogP contribution in [0.15, 0.2) is 24.3 Å². The topological polar surface area (TPSA) is 39.1 Å². The average Bonchev–Trinajstić information content (AvgIpc) is 2.40. The average molecular weight is 245 g/mol. The summed E-state index contributed by atoms with van der Waals surface area (Å²) in [4.78, 5) is 2.19. The Labute approximate surface area is 107 Å². The molecule has 0 bridgehead atoms. The highest BCUT2D eigenvalue weighted by Crippen LogP contribution is 2.13. The molecule has 88 valence electrons. The number of piperidine rings is 1. The van der Waals surface area contributed by atoms with Crippen LogP contribution in [-0.4, -0.2) is 23.1 Å². The van der Waals surface area contributed by atoms with Gasteiger partial charge in [-0.1, -0.05) is 6.07 Å². The Balaban J connectivity index is 1.99. The lowest BCUT2D eigenvalue weighted by Crippen LogP contribution is -2.38. The van der Waals surface area contributed by atoms with Gasteiger partial charge in [0.05, 0.1) is 11.6 Å². The van der Waals surface area contributed by atoms with Crippen LogP contribution in [0.5, 0.6) is 0 Å². The maximum atomic E-state index is 8.82. The second-order valence-electron chi connectivity index (χ2n) is 4.17. The van der Waals surface area contributed by atoms with Crippen molar-refractivity contribution in [3.05, 3.63) is 29.8 Å². The molecule has 17 heavy (non-hydrogen) atoms. The molecule has 0 radical (unpaired) electrons. The van der Waals surface area contributed by atoms with E-state index in [2.05, 4.69) is 16.3 Å². The smallest absolute Gasteiger partial charge is 0.173 e. The van der Waals surface area contributed by atoms with Crippen LogP contribution in [0.1, 0.15) is 24.8 Å². The van der Waals surface area contributed by atoms with Crippen molar-refractivity contribution in [2.24, 2.45) is 0 Å². The van der Waals surface area contributed by atoms with Gasteiger partial charge >= 0.3 is 0 Å². The van der Waals surface area contributed by atoms with E-state index in [9.17, 15) is 0 Å². The van der Waals surface area contributed by atoms with Crippen molar-refractivity contribution in [2.45, 2.75) is 19.3 Å². The van der Waals surface area contributed by atoms with E-state index >= 15 is 0 Å². The standard InChI is InChI=1S/C13H15N3S/c14-10-11-5-4-6-12(9-11)15-13(17)16-7-2-1-3-8-16/h4-6,9H,1-3,7-8H2,(H,15,17). The van der Waals surface area contributed by atoms with Crippen LogP contribution in [0.3, 0.4) is 0 Å². The molecule has 1 heterocycles. The van der Waals surface area contributed by atoms with E-state index in [4.69, 9.17) is 17.5 Å². The van der Waals surface area contributed by atoms with Crippen molar-refractivity contribution >= 4 is 23.0 Å². The summed E-state index contributed by atoms with van der Waals surface area (Å²) < 4.78 is 0. The van der Waals surface area contributed by atoms with E-state index in [1.807, 2.05) is 18.2 Å². The number of nitrogens with zero attached hydrogens (tertiary/aromatic N) is 2. The summed E-state index contributed by atoms with van der Waals surface area (Å²) >= 11 is 5.37. The zero-order valence-electron chi connectivity index (χ0n) is 9.65. The third-order valence-corrected chi connectivity index (χ3v) is 3.25. The van der Waals surface area contributed by atoms with Crippen LogP contribution >= 0.6 is 12.2 Å². The molecule has 1 aliphatic rings. The first-order chi connectivity index (χ1) is 8.29. The normalized spacial score (nSPS) is 15.1. The van der Waals surface area contributed by atoms with E-state index in [1.165, 1.54) is 19.3 Å². The van der Waals surface area contributed by atoms with Crippen LogP contribution in [0.25, 0.3) is 0 Å². The second kappa shape index (κ2) is 5.65. The molecule has 1 saturated heterocycles.